The highest BCUT2D eigenvalue weighted by Gasteiger charge is 2.17. The van der Waals surface area contributed by atoms with Gasteiger partial charge in [-0.15, -0.1) is 0 Å². The van der Waals surface area contributed by atoms with Crippen LogP contribution in [0.3, 0.4) is 0 Å². The van der Waals surface area contributed by atoms with Gasteiger partial charge in [0, 0.05) is 5.69 Å². The van der Waals surface area contributed by atoms with Crippen LogP contribution in [-0.2, 0) is 14.3 Å². The fourth-order valence-electron chi connectivity index (χ4n) is 1.87. The third-order valence-corrected chi connectivity index (χ3v) is 3.01. The first kappa shape index (κ1) is 17.0. The number of hydrogen-bond acceptors (Lipinski definition) is 5. The molecule has 0 aliphatic rings. The van der Waals surface area contributed by atoms with Gasteiger partial charge < -0.3 is 14.8 Å². The Labute approximate surface area is 139 Å². The largest absolute Gasteiger partial charge is 0.479 e. The van der Waals surface area contributed by atoms with Crippen LogP contribution in [-0.4, -0.2) is 24.6 Å². The number of carbonyl (C=O) groups excluding carboxylic acids is 2. The molecule has 0 unspecified atom stereocenters. The minimum absolute atomic E-state index is 0.426. The molecule has 1 N–H and O–H groups in total. The van der Waals surface area contributed by atoms with E-state index in [1.54, 1.807) is 49.4 Å². The van der Waals surface area contributed by atoms with Crippen molar-refractivity contribution in [3.05, 3.63) is 60.2 Å². The Bertz CT molecular complexity index is 753. The van der Waals surface area contributed by atoms with Crippen LogP contribution in [0.4, 0.5) is 5.69 Å². The van der Waals surface area contributed by atoms with Crippen LogP contribution < -0.4 is 10.1 Å². The quantitative estimate of drug-likeness (QED) is 0.825. The van der Waals surface area contributed by atoms with Crippen LogP contribution in [0.2, 0.25) is 0 Å². The molecular formula is C18H16N2O4. The maximum Gasteiger partial charge on any atom is 0.347 e. The van der Waals surface area contributed by atoms with Gasteiger partial charge in [0.05, 0.1) is 11.6 Å². The Hall–Kier alpha value is -3.33. The standard InChI is InChI=1S/C18H16N2O4/c1-13(24-16-8-3-2-4-9-16)18(22)23-12-17(21)20-15-7-5-6-14(10-15)11-19/h2-10,13H,12H2,1H3,(H,20,21)/t13-/m0/s1. The molecule has 0 radical (unpaired) electrons. The minimum atomic E-state index is -0.831. The van der Waals surface area contributed by atoms with E-state index in [-0.39, 0.29) is 0 Å². The molecule has 0 aliphatic carbocycles. The van der Waals surface area contributed by atoms with E-state index in [0.717, 1.165) is 0 Å². The number of esters is 1. The molecule has 0 fully saturated rings. The first-order valence-corrected chi connectivity index (χ1v) is 7.27. The molecule has 1 atom stereocenters. The van der Waals surface area contributed by atoms with Crippen molar-refractivity contribution in [2.75, 3.05) is 11.9 Å². The molecule has 1 amide bonds. The van der Waals surface area contributed by atoms with Crippen LogP contribution in [0.25, 0.3) is 0 Å². The summed E-state index contributed by atoms with van der Waals surface area (Å²) in [6.07, 6.45) is -0.831. The van der Waals surface area contributed by atoms with E-state index in [2.05, 4.69) is 5.32 Å². The Balaban J connectivity index is 1.80. The van der Waals surface area contributed by atoms with Crippen LogP contribution in [0.15, 0.2) is 54.6 Å². The molecule has 6 heteroatoms. The Morgan fingerprint density at radius 3 is 2.62 bits per heavy atom. The molecule has 0 spiro atoms. The van der Waals surface area contributed by atoms with Crippen LogP contribution in [0, 0.1) is 11.3 Å². The van der Waals surface area contributed by atoms with Gasteiger partial charge in [-0.05, 0) is 37.3 Å². The summed E-state index contributed by atoms with van der Waals surface area (Å²) in [5, 5.41) is 11.4. The molecule has 24 heavy (non-hydrogen) atoms. The lowest BCUT2D eigenvalue weighted by molar-refractivity contribution is -0.153. The van der Waals surface area contributed by atoms with E-state index in [1.165, 1.54) is 6.07 Å². The van der Waals surface area contributed by atoms with Gasteiger partial charge >= 0.3 is 5.97 Å². The molecule has 0 saturated carbocycles. The summed E-state index contributed by atoms with van der Waals surface area (Å²) in [6, 6.07) is 17.3. The van der Waals surface area contributed by atoms with Crippen LogP contribution >= 0.6 is 0 Å². The summed E-state index contributed by atoms with van der Waals surface area (Å²) >= 11 is 0. The Morgan fingerprint density at radius 1 is 1.17 bits per heavy atom. The molecule has 122 valence electrons. The number of nitrogens with one attached hydrogen (secondary N) is 1. The first-order chi connectivity index (χ1) is 11.6. The summed E-state index contributed by atoms with van der Waals surface area (Å²) in [5.74, 6) is -0.593. The molecule has 2 aromatic carbocycles. The van der Waals surface area contributed by atoms with Gasteiger partial charge in [0.1, 0.15) is 5.75 Å². The van der Waals surface area contributed by atoms with E-state index in [9.17, 15) is 9.59 Å². The highest BCUT2D eigenvalue weighted by molar-refractivity contribution is 5.93. The normalized spacial score (nSPS) is 11.0. The fraction of sp³-hybridized carbons (Fsp3) is 0.167. The molecular weight excluding hydrogens is 308 g/mol. The third kappa shape index (κ3) is 5.14. The van der Waals surface area contributed by atoms with E-state index in [0.29, 0.717) is 17.0 Å². The van der Waals surface area contributed by atoms with Gasteiger partial charge in [-0.1, -0.05) is 24.3 Å². The lowest BCUT2D eigenvalue weighted by Crippen LogP contribution is -2.29. The Morgan fingerprint density at radius 2 is 1.92 bits per heavy atom. The lowest BCUT2D eigenvalue weighted by atomic mass is 10.2. The van der Waals surface area contributed by atoms with E-state index in [1.807, 2.05) is 12.1 Å². The number of amides is 1. The van der Waals surface area contributed by atoms with Crippen molar-refractivity contribution >= 4 is 17.6 Å². The zero-order valence-corrected chi connectivity index (χ0v) is 13.1. The van der Waals surface area contributed by atoms with E-state index in [4.69, 9.17) is 14.7 Å². The summed E-state index contributed by atoms with van der Waals surface area (Å²) in [4.78, 5) is 23.6. The first-order valence-electron chi connectivity index (χ1n) is 7.27. The number of carbonyl (C=O) groups is 2. The second kappa shape index (κ2) is 8.34. The second-order valence-corrected chi connectivity index (χ2v) is 4.92. The third-order valence-electron chi connectivity index (χ3n) is 3.01. The van der Waals surface area contributed by atoms with Gasteiger partial charge in [-0.25, -0.2) is 4.79 Å². The fourth-order valence-corrected chi connectivity index (χ4v) is 1.87. The smallest absolute Gasteiger partial charge is 0.347 e. The summed E-state index contributed by atoms with van der Waals surface area (Å²) in [6.45, 7) is 1.11. The monoisotopic (exact) mass is 324 g/mol. The predicted octanol–water partition coefficient (Wildman–Crippen LogP) is 2.51. The number of nitrogens with zero attached hydrogens (tertiary/aromatic N) is 1. The van der Waals surface area contributed by atoms with Crippen molar-refractivity contribution < 1.29 is 19.1 Å². The highest BCUT2D eigenvalue weighted by atomic mass is 16.6. The van der Waals surface area contributed by atoms with Crippen molar-refractivity contribution in [2.45, 2.75) is 13.0 Å². The van der Waals surface area contributed by atoms with Crippen molar-refractivity contribution in [3.63, 3.8) is 0 Å². The van der Waals surface area contributed by atoms with Gasteiger partial charge in [0.15, 0.2) is 12.7 Å². The zero-order chi connectivity index (χ0) is 17.4. The topological polar surface area (TPSA) is 88.4 Å². The molecule has 0 saturated heterocycles. The minimum Gasteiger partial charge on any atom is -0.479 e. The van der Waals surface area contributed by atoms with E-state index >= 15 is 0 Å². The zero-order valence-electron chi connectivity index (χ0n) is 13.1. The molecule has 0 bridgehead atoms. The maximum absolute atomic E-state index is 11.8. The Kier molecular flexibility index (Phi) is 5.92. The number of ether oxygens (including phenoxy) is 2. The number of anilines is 1. The number of benzene rings is 2. The molecule has 6 nitrogen and oxygen atoms in total. The summed E-state index contributed by atoms with van der Waals surface area (Å²) in [5.41, 5.74) is 0.887. The lowest BCUT2D eigenvalue weighted by Gasteiger charge is -2.13. The number of para-hydroxylation sites is 1. The highest BCUT2D eigenvalue weighted by Crippen LogP contribution is 2.12. The SMILES string of the molecule is C[C@H](Oc1ccccc1)C(=O)OCC(=O)Nc1cccc(C#N)c1. The van der Waals surface area contributed by atoms with Gasteiger partial charge in [0.2, 0.25) is 0 Å². The molecule has 0 heterocycles. The molecule has 0 aromatic heterocycles. The predicted molar refractivity (Wildman–Crippen MR) is 87.3 cm³/mol. The van der Waals surface area contributed by atoms with Crippen molar-refractivity contribution in [1.82, 2.24) is 0 Å². The number of nitriles is 1. The molecule has 0 aliphatic heterocycles. The number of hydrogen-bond donors (Lipinski definition) is 1. The number of rotatable bonds is 6. The average Bonchev–Trinajstić information content (AvgIpc) is 2.60. The second-order valence-electron chi connectivity index (χ2n) is 4.92. The molecule has 2 rings (SSSR count). The van der Waals surface area contributed by atoms with Crippen molar-refractivity contribution in [3.8, 4) is 11.8 Å². The van der Waals surface area contributed by atoms with Crippen molar-refractivity contribution in [2.24, 2.45) is 0 Å². The maximum atomic E-state index is 11.8. The van der Waals surface area contributed by atoms with Gasteiger partial charge in [-0.3, -0.25) is 4.79 Å². The van der Waals surface area contributed by atoms with Crippen LogP contribution in [0.1, 0.15) is 12.5 Å². The summed E-state index contributed by atoms with van der Waals surface area (Å²) < 4.78 is 10.3. The average molecular weight is 324 g/mol. The van der Waals surface area contributed by atoms with Gasteiger partial charge in [0.25, 0.3) is 5.91 Å². The van der Waals surface area contributed by atoms with E-state index < -0.39 is 24.6 Å². The van der Waals surface area contributed by atoms with Gasteiger partial charge in [-0.2, -0.15) is 5.26 Å². The molecule has 2 aromatic rings. The summed E-state index contributed by atoms with van der Waals surface area (Å²) in [7, 11) is 0. The van der Waals surface area contributed by atoms with Crippen LogP contribution in [0.5, 0.6) is 5.75 Å². The van der Waals surface area contributed by atoms with Crippen molar-refractivity contribution in [1.29, 1.82) is 5.26 Å².